The fourth-order valence-electron chi connectivity index (χ4n) is 3.73. The van der Waals surface area contributed by atoms with Crippen LogP contribution < -0.4 is 16.6 Å². The predicted octanol–water partition coefficient (Wildman–Crippen LogP) is 2.41. The number of nitrogens with zero attached hydrogens (tertiary/aromatic N) is 6. The molecule has 10 nitrogen and oxygen atoms in total. The van der Waals surface area contributed by atoms with E-state index in [0.29, 0.717) is 11.5 Å². The van der Waals surface area contributed by atoms with Gasteiger partial charge in [0.15, 0.2) is 11.2 Å². The van der Waals surface area contributed by atoms with Gasteiger partial charge in [0.25, 0.3) is 5.56 Å². The third kappa shape index (κ3) is 4.41. The molecular formula is C24H21N7O3S. The highest BCUT2D eigenvalue weighted by Crippen LogP contribution is 2.26. The second-order valence-corrected chi connectivity index (χ2v) is 8.91. The van der Waals surface area contributed by atoms with Gasteiger partial charge in [0.05, 0.1) is 18.6 Å². The number of anilines is 1. The maximum atomic E-state index is 13.2. The molecule has 0 saturated heterocycles. The van der Waals surface area contributed by atoms with Gasteiger partial charge in [-0.1, -0.05) is 35.9 Å². The molecule has 0 aliphatic heterocycles. The van der Waals surface area contributed by atoms with Crippen LogP contribution in [0.4, 0.5) is 5.82 Å². The van der Waals surface area contributed by atoms with Crippen molar-refractivity contribution in [1.82, 2.24) is 28.7 Å². The summed E-state index contributed by atoms with van der Waals surface area (Å²) in [5.74, 6) is 0.0644. The third-order valence-corrected chi connectivity index (χ3v) is 6.42. The average Bonchev–Trinajstić information content (AvgIpc) is 3.49. The Morgan fingerprint density at radius 3 is 2.63 bits per heavy atom. The van der Waals surface area contributed by atoms with Gasteiger partial charge in [-0.2, -0.15) is 0 Å². The zero-order valence-corrected chi connectivity index (χ0v) is 19.8. The van der Waals surface area contributed by atoms with Gasteiger partial charge in [-0.25, -0.2) is 14.8 Å². The Morgan fingerprint density at radius 2 is 1.89 bits per heavy atom. The largest absolute Gasteiger partial charge is 0.332 e. The number of hydrogen-bond acceptors (Lipinski definition) is 7. The number of thiazole rings is 1. The van der Waals surface area contributed by atoms with Crippen LogP contribution in [0.25, 0.3) is 21.7 Å². The zero-order chi connectivity index (χ0) is 24.5. The number of carbonyl (C=O) groups is 1. The predicted molar refractivity (Wildman–Crippen MR) is 133 cm³/mol. The first-order chi connectivity index (χ1) is 16.9. The number of hydrogen-bond donors (Lipinski definition) is 1. The number of nitrogens with one attached hydrogen (secondary N) is 1. The van der Waals surface area contributed by atoms with E-state index in [9.17, 15) is 14.4 Å². The Labute approximate surface area is 203 Å². The standard InChI is InChI=1S/C24H21N7O3S/c1-15-6-8-16(9-7-15)22-28-18(13-35-22)27-19(32)12-30-14-26-21-20(30)23(33)31(24(34)29(21)2)11-17-5-3-4-10-25-17/h3-10,13-14H,11-12H2,1-2H3,(H,27,32). The van der Waals surface area contributed by atoms with Crippen molar-refractivity contribution in [1.29, 1.82) is 0 Å². The molecule has 4 aromatic heterocycles. The first-order valence-corrected chi connectivity index (χ1v) is 11.7. The van der Waals surface area contributed by atoms with Gasteiger partial charge in [0.1, 0.15) is 17.4 Å². The van der Waals surface area contributed by atoms with Gasteiger partial charge >= 0.3 is 5.69 Å². The van der Waals surface area contributed by atoms with Crippen LogP contribution in [-0.2, 0) is 24.9 Å². The normalized spacial score (nSPS) is 11.1. The quantitative estimate of drug-likeness (QED) is 0.393. The number of imidazole rings is 1. The molecule has 0 aliphatic carbocycles. The molecule has 5 rings (SSSR count). The molecule has 1 aromatic carbocycles. The Balaban J connectivity index is 1.40. The summed E-state index contributed by atoms with van der Waals surface area (Å²) in [6.07, 6.45) is 2.98. The van der Waals surface area contributed by atoms with E-state index in [2.05, 4.69) is 20.3 Å². The maximum absolute atomic E-state index is 13.2. The van der Waals surface area contributed by atoms with Crippen molar-refractivity contribution in [2.45, 2.75) is 20.0 Å². The van der Waals surface area contributed by atoms with Crippen molar-refractivity contribution in [3.8, 4) is 10.6 Å². The zero-order valence-electron chi connectivity index (χ0n) is 19.0. The lowest BCUT2D eigenvalue weighted by atomic mass is 10.2. The number of pyridine rings is 1. The van der Waals surface area contributed by atoms with E-state index in [0.717, 1.165) is 20.7 Å². The average molecular weight is 488 g/mol. The first-order valence-electron chi connectivity index (χ1n) is 10.8. The third-order valence-electron chi connectivity index (χ3n) is 5.53. The summed E-state index contributed by atoms with van der Waals surface area (Å²) in [6.45, 7) is 1.87. The summed E-state index contributed by atoms with van der Waals surface area (Å²) in [5.41, 5.74) is 2.03. The van der Waals surface area contributed by atoms with Gasteiger partial charge in [-0.3, -0.25) is 23.7 Å². The Bertz CT molecular complexity index is 1650. The highest BCUT2D eigenvalue weighted by Gasteiger charge is 2.18. The SMILES string of the molecule is Cc1ccc(-c2nc(NC(=O)Cn3cnc4c3c(=O)n(Cc3ccccn3)c(=O)n4C)cs2)cc1. The smallest absolute Gasteiger partial charge is 0.315 e. The minimum atomic E-state index is -0.533. The molecule has 35 heavy (non-hydrogen) atoms. The van der Waals surface area contributed by atoms with Gasteiger partial charge in [-0.05, 0) is 19.1 Å². The van der Waals surface area contributed by atoms with Crippen LogP contribution in [0.1, 0.15) is 11.3 Å². The lowest BCUT2D eigenvalue weighted by Crippen LogP contribution is -2.40. The van der Waals surface area contributed by atoms with Crippen molar-refractivity contribution in [2.75, 3.05) is 5.32 Å². The van der Waals surface area contributed by atoms with Crippen molar-refractivity contribution in [3.63, 3.8) is 0 Å². The van der Waals surface area contributed by atoms with E-state index in [4.69, 9.17) is 0 Å². The van der Waals surface area contributed by atoms with E-state index in [1.165, 1.54) is 26.8 Å². The molecular weight excluding hydrogens is 466 g/mol. The minimum Gasteiger partial charge on any atom is -0.315 e. The van der Waals surface area contributed by atoms with E-state index >= 15 is 0 Å². The van der Waals surface area contributed by atoms with Crippen molar-refractivity contribution in [3.05, 3.63) is 92.5 Å². The molecule has 1 amide bonds. The van der Waals surface area contributed by atoms with Crippen LogP contribution in [0.5, 0.6) is 0 Å². The number of carbonyl (C=O) groups excluding carboxylic acids is 1. The number of rotatable bonds is 6. The van der Waals surface area contributed by atoms with Crippen LogP contribution in [0, 0.1) is 6.92 Å². The highest BCUT2D eigenvalue weighted by atomic mass is 32.1. The molecule has 0 aliphatic rings. The molecule has 0 unspecified atom stereocenters. The van der Waals surface area contributed by atoms with Gasteiger partial charge < -0.3 is 9.88 Å². The van der Waals surface area contributed by atoms with Crippen LogP contribution in [0.15, 0.2) is 70.0 Å². The summed E-state index contributed by atoms with van der Waals surface area (Å²) in [6, 6.07) is 13.3. The number of fused-ring (bicyclic) bond motifs is 1. The van der Waals surface area contributed by atoms with Crippen LogP contribution in [0.3, 0.4) is 0 Å². The molecule has 0 fully saturated rings. The molecule has 11 heteroatoms. The Morgan fingerprint density at radius 1 is 1.09 bits per heavy atom. The fraction of sp³-hybridized carbons (Fsp3) is 0.167. The lowest BCUT2D eigenvalue weighted by Gasteiger charge is -2.09. The molecule has 4 heterocycles. The molecule has 0 atom stereocenters. The van der Waals surface area contributed by atoms with E-state index in [1.54, 1.807) is 36.8 Å². The van der Waals surface area contributed by atoms with Gasteiger partial charge in [0.2, 0.25) is 5.91 Å². The molecule has 0 spiro atoms. The number of amides is 1. The Kier molecular flexibility index (Phi) is 5.83. The topological polar surface area (TPSA) is 117 Å². The fourth-order valence-corrected chi connectivity index (χ4v) is 4.49. The van der Waals surface area contributed by atoms with E-state index in [1.807, 2.05) is 31.2 Å². The summed E-state index contributed by atoms with van der Waals surface area (Å²) >= 11 is 1.43. The lowest BCUT2D eigenvalue weighted by molar-refractivity contribution is -0.116. The summed E-state index contributed by atoms with van der Waals surface area (Å²) in [7, 11) is 1.54. The molecule has 176 valence electrons. The Hall–Kier alpha value is -4.38. The van der Waals surface area contributed by atoms with Crippen LogP contribution >= 0.6 is 11.3 Å². The van der Waals surface area contributed by atoms with Crippen LogP contribution in [0.2, 0.25) is 0 Å². The first kappa shape index (κ1) is 22.4. The number of aromatic nitrogens is 6. The number of aryl methyl sites for hydroxylation is 2. The van der Waals surface area contributed by atoms with Gasteiger partial charge in [0, 0.05) is 24.2 Å². The second-order valence-electron chi connectivity index (χ2n) is 8.05. The van der Waals surface area contributed by atoms with E-state index < -0.39 is 11.2 Å². The summed E-state index contributed by atoms with van der Waals surface area (Å²) in [4.78, 5) is 51.7. The highest BCUT2D eigenvalue weighted by molar-refractivity contribution is 7.13. The molecule has 0 saturated carbocycles. The number of benzene rings is 1. The second kappa shape index (κ2) is 9.11. The molecule has 5 aromatic rings. The maximum Gasteiger partial charge on any atom is 0.332 e. The van der Waals surface area contributed by atoms with E-state index in [-0.39, 0.29) is 30.2 Å². The van der Waals surface area contributed by atoms with Crippen LogP contribution in [-0.4, -0.2) is 34.6 Å². The van der Waals surface area contributed by atoms with Crippen molar-refractivity contribution >= 4 is 34.2 Å². The van der Waals surface area contributed by atoms with Gasteiger partial charge in [-0.15, -0.1) is 11.3 Å². The summed E-state index contributed by atoms with van der Waals surface area (Å²) in [5, 5.41) is 5.33. The minimum absolute atomic E-state index is 0.0142. The molecule has 0 bridgehead atoms. The van der Waals surface area contributed by atoms with Crippen molar-refractivity contribution < 1.29 is 4.79 Å². The molecule has 0 radical (unpaired) electrons. The molecule has 1 N–H and O–H groups in total. The monoisotopic (exact) mass is 487 g/mol. The van der Waals surface area contributed by atoms with Crippen molar-refractivity contribution in [2.24, 2.45) is 7.05 Å². The summed E-state index contributed by atoms with van der Waals surface area (Å²) < 4.78 is 3.83.